The molecule has 1 saturated heterocycles. The normalized spacial score (nSPS) is 14.2. The van der Waals surface area contributed by atoms with Gasteiger partial charge in [0.05, 0.1) is 0 Å². The van der Waals surface area contributed by atoms with Gasteiger partial charge in [0.1, 0.15) is 0 Å². The fraction of sp³-hybridized carbons (Fsp3) is 0.426. The zero-order valence-corrected chi connectivity index (χ0v) is 36.3. The van der Waals surface area contributed by atoms with Crippen molar-refractivity contribution in [3.8, 4) is 0 Å². The molecule has 0 amide bonds. The van der Waals surface area contributed by atoms with Crippen LogP contribution in [0.5, 0.6) is 0 Å². The van der Waals surface area contributed by atoms with Crippen LogP contribution in [0.2, 0.25) is 0 Å². The summed E-state index contributed by atoms with van der Waals surface area (Å²) >= 11 is 0. The number of hydrogen-bond acceptors (Lipinski definition) is 4. The van der Waals surface area contributed by atoms with Gasteiger partial charge in [0, 0.05) is 35.1 Å². The molecule has 53 heavy (non-hydrogen) atoms. The van der Waals surface area contributed by atoms with Gasteiger partial charge in [-0.2, -0.15) is 0 Å². The van der Waals surface area contributed by atoms with E-state index in [9.17, 15) is 0 Å². The first-order valence-corrected chi connectivity index (χ1v) is 19.4. The van der Waals surface area contributed by atoms with Crippen molar-refractivity contribution in [2.75, 3.05) is 32.5 Å². The molecule has 4 radical (unpaired) electrons. The van der Waals surface area contributed by atoms with E-state index in [1.54, 1.807) is 0 Å². The maximum absolute atomic E-state index is 3.48. The first kappa shape index (κ1) is 42.4. The minimum Gasteiger partial charge on any atom is -0.585 e. The molecule has 0 unspecified atom stereocenters. The van der Waals surface area contributed by atoms with Crippen molar-refractivity contribution >= 4 is 30.3 Å². The Hall–Kier alpha value is -3.37. The van der Waals surface area contributed by atoms with Crippen LogP contribution < -0.4 is 19.4 Å². The molecule has 2 heterocycles. The van der Waals surface area contributed by atoms with Crippen LogP contribution in [0.15, 0.2) is 73.1 Å². The maximum atomic E-state index is 3.48. The second-order valence-electron chi connectivity index (χ2n) is 16.3. The Morgan fingerprint density at radius 1 is 0.472 bits per heavy atom. The first-order valence-electron chi connectivity index (χ1n) is 19.4. The number of aryl methyl sites for hydroxylation is 6. The van der Waals surface area contributed by atoms with Crippen molar-refractivity contribution < 1.29 is 22.4 Å². The molecule has 2 aliphatic rings. The second-order valence-corrected chi connectivity index (χ2v) is 16.3. The van der Waals surface area contributed by atoms with E-state index in [0.717, 1.165) is 13.1 Å². The quantitative estimate of drug-likeness (QED) is 0.165. The Balaban J connectivity index is 0.000000238. The summed E-state index contributed by atoms with van der Waals surface area (Å²) in [4.78, 5) is 9.21. The summed E-state index contributed by atoms with van der Waals surface area (Å²) in [6.45, 7) is 36.9. The van der Waals surface area contributed by atoms with Crippen molar-refractivity contribution in [1.82, 2.24) is 0 Å². The molecular formula is C47H62AgBN4. The van der Waals surface area contributed by atoms with Crippen molar-refractivity contribution in [2.24, 2.45) is 0 Å². The number of anilines is 4. The topological polar surface area (TPSA) is 13.0 Å². The molecule has 0 saturated carbocycles. The van der Waals surface area contributed by atoms with Gasteiger partial charge in [-0.05, 0) is 123 Å². The fourth-order valence-electron chi connectivity index (χ4n) is 8.19. The molecular weight excluding hydrogens is 739 g/mol. The van der Waals surface area contributed by atoms with Gasteiger partial charge in [0.15, 0.2) is 0 Å². The Kier molecular flexibility index (Phi) is 14.3. The number of nitrogens with zero attached hydrogens (tertiary/aromatic N) is 4. The van der Waals surface area contributed by atoms with Gasteiger partial charge in [0.25, 0.3) is 0 Å². The van der Waals surface area contributed by atoms with Crippen molar-refractivity contribution in [3.63, 3.8) is 0 Å². The molecule has 284 valence electrons. The zero-order chi connectivity index (χ0) is 38.0. The monoisotopic (exact) mass is 800 g/mol. The molecule has 6 heteroatoms. The average molecular weight is 802 g/mol. The van der Waals surface area contributed by atoms with Crippen molar-refractivity contribution in [2.45, 2.75) is 121 Å². The second kappa shape index (κ2) is 17.8. The minimum absolute atomic E-state index is 0. The van der Waals surface area contributed by atoms with Gasteiger partial charge in [-0.15, -0.1) is 0 Å². The predicted octanol–water partition coefficient (Wildman–Crippen LogP) is 12.4. The van der Waals surface area contributed by atoms with Crippen LogP contribution in [0.1, 0.15) is 135 Å². The third-order valence-electron chi connectivity index (χ3n) is 10.5. The summed E-state index contributed by atoms with van der Waals surface area (Å²) in [6, 6.07) is 22.6. The van der Waals surface area contributed by atoms with E-state index in [0.29, 0.717) is 23.7 Å². The van der Waals surface area contributed by atoms with Gasteiger partial charge in [-0.3, -0.25) is 0 Å². The number of para-hydroxylation sites is 2. The van der Waals surface area contributed by atoms with Crippen LogP contribution in [0.3, 0.4) is 0 Å². The first-order chi connectivity index (χ1) is 24.6. The number of hydrogen-bond donors (Lipinski definition) is 0. The van der Waals surface area contributed by atoms with E-state index in [1.807, 2.05) is 0 Å². The summed E-state index contributed by atoms with van der Waals surface area (Å²) in [6.07, 6.45) is 4.17. The smallest absolute Gasteiger partial charge is 0.585 e. The molecule has 0 spiro atoms. The summed E-state index contributed by atoms with van der Waals surface area (Å²) < 4.78 is 0. The molecule has 4 nitrogen and oxygen atoms in total. The Morgan fingerprint density at radius 3 is 1.02 bits per heavy atom. The van der Waals surface area contributed by atoms with Crippen LogP contribution >= 0.6 is 0 Å². The average Bonchev–Trinajstić information content (AvgIpc) is 3.74. The third kappa shape index (κ3) is 9.30. The summed E-state index contributed by atoms with van der Waals surface area (Å²) in [5.41, 5.74) is 18.8. The van der Waals surface area contributed by atoms with Gasteiger partial charge in [0.2, 0.25) is 6.67 Å². The van der Waals surface area contributed by atoms with E-state index in [-0.39, 0.29) is 22.4 Å². The van der Waals surface area contributed by atoms with Gasteiger partial charge in [-0.25, -0.2) is 0 Å². The van der Waals surface area contributed by atoms with Gasteiger partial charge < -0.3 is 19.4 Å². The van der Waals surface area contributed by atoms with Crippen LogP contribution in [0.25, 0.3) is 0 Å². The standard InChI is InChI=1S/C26H38BN2.C21H24N2.Ag/c1-17(2)21-11-9-12-22(18(3)4)25(21)28-15-16-29(27-28)26-23(19(5)6)13-10-14-24(26)20(7)8;1-14-9-16(3)20(17(4)10-14)22-7-8-23(13-22)21-18(5)11-15(2)12-19(21)6;/h9-14,17-20H,15-16H2,1-8H3;7-12H,1-6H3;/q-1;;+1. The summed E-state index contributed by atoms with van der Waals surface area (Å²) in [5.74, 6) is 2.06. The van der Waals surface area contributed by atoms with Crippen molar-refractivity contribution in [1.29, 1.82) is 0 Å². The molecule has 1 fully saturated rings. The Morgan fingerprint density at radius 2 is 0.755 bits per heavy atom. The molecule has 6 rings (SSSR count). The number of benzene rings is 4. The molecule has 0 aromatic heterocycles. The summed E-state index contributed by atoms with van der Waals surface area (Å²) in [5, 5.41) is 0. The Bertz CT molecular complexity index is 1680. The molecule has 0 N–H and O–H groups in total. The zero-order valence-electron chi connectivity index (χ0n) is 34.8. The largest absolute Gasteiger partial charge is 1.00 e. The predicted molar refractivity (Wildman–Crippen MR) is 228 cm³/mol. The Labute approximate surface area is 339 Å². The molecule has 2 aliphatic heterocycles. The minimum atomic E-state index is 0. The van der Waals surface area contributed by atoms with E-state index in [2.05, 4.69) is 204 Å². The van der Waals surface area contributed by atoms with E-state index < -0.39 is 0 Å². The van der Waals surface area contributed by atoms with E-state index >= 15 is 0 Å². The summed E-state index contributed by atoms with van der Waals surface area (Å²) in [7, 11) is 2.38. The molecule has 0 aliphatic carbocycles. The van der Waals surface area contributed by atoms with Crippen molar-refractivity contribution in [3.05, 3.63) is 135 Å². The number of rotatable bonds is 8. The van der Waals surface area contributed by atoms with E-state index in [1.165, 1.54) is 78.4 Å². The molecule has 4 aromatic carbocycles. The SMILES string of the molecule is CC(C)c1cccc(C(C)C)c1N1[B-]N(c2c(C(C)C)cccc2C(C)C)CC1.Cc1cc(C)c(N2[C]N(c3c(C)cc(C)cc3C)C=C2)c(C)c1.[Ag+]. The van der Waals surface area contributed by atoms with Gasteiger partial charge >= 0.3 is 22.4 Å². The van der Waals surface area contributed by atoms with Crippen LogP contribution in [0.4, 0.5) is 22.7 Å². The molecule has 0 bridgehead atoms. The van der Waals surface area contributed by atoms with E-state index in [4.69, 9.17) is 0 Å². The van der Waals surface area contributed by atoms with Gasteiger partial charge in [-0.1, -0.05) is 135 Å². The van der Waals surface area contributed by atoms with Crippen LogP contribution in [-0.2, 0) is 22.4 Å². The third-order valence-corrected chi connectivity index (χ3v) is 10.5. The molecule has 0 atom stereocenters. The van der Waals surface area contributed by atoms with Crippen LogP contribution in [-0.4, -0.2) is 20.6 Å². The molecule has 4 aromatic rings. The fourth-order valence-corrected chi connectivity index (χ4v) is 8.19. The van der Waals surface area contributed by atoms with Crippen LogP contribution in [0, 0.1) is 48.2 Å². The maximum Gasteiger partial charge on any atom is 1.00 e.